The maximum Gasteiger partial charge on any atom is 0.271 e. The van der Waals surface area contributed by atoms with Crippen LogP contribution in [-0.4, -0.2) is 42.9 Å². The van der Waals surface area contributed by atoms with E-state index in [1.807, 2.05) is 30.3 Å². The van der Waals surface area contributed by atoms with E-state index in [2.05, 4.69) is 20.4 Å². The molecule has 33 heavy (non-hydrogen) atoms. The van der Waals surface area contributed by atoms with Crippen molar-refractivity contribution in [1.82, 2.24) is 19.7 Å². The minimum Gasteiger partial charge on any atom is -0.495 e. The van der Waals surface area contributed by atoms with Gasteiger partial charge in [0, 0.05) is 12.1 Å². The van der Waals surface area contributed by atoms with Crippen LogP contribution in [-0.2, 0) is 4.79 Å². The number of non-ortho nitro benzene ring substituents is 1. The van der Waals surface area contributed by atoms with Gasteiger partial charge in [-0.15, -0.1) is 0 Å². The Bertz CT molecular complexity index is 1400. The Hall–Kier alpha value is -4.19. The largest absolute Gasteiger partial charge is 0.495 e. The zero-order valence-corrected chi connectivity index (χ0v) is 18.3. The van der Waals surface area contributed by atoms with Crippen molar-refractivity contribution in [2.24, 2.45) is 0 Å². The minimum atomic E-state index is -0.692. The molecule has 2 heterocycles. The van der Waals surface area contributed by atoms with Gasteiger partial charge >= 0.3 is 0 Å². The molecule has 0 saturated carbocycles. The summed E-state index contributed by atoms with van der Waals surface area (Å²) in [5.41, 5.74) is 0.711. The highest BCUT2D eigenvalue weighted by molar-refractivity contribution is 8.00. The van der Waals surface area contributed by atoms with Gasteiger partial charge in [-0.25, -0.2) is 9.67 Å². The molecular weight excluding hydrogens is 448 g/mol. The van der Waals surface area contributed by atoms with Crippen molar-refractivity contribution in [2.75, 3.05) is 12.4 Å². The van der Waals surface area contributed by atoms with Crippen LogP contribution in [0.2, 0.25) is 0 Å². The van der Waals surface area contributed by atoms with Crippen LogP contribution in [0, 0.1) is 10.1 Å². The highest BCUT2D eigenvalue weighted by Gasteiger charge is 2.21. The summed E-state index contributed by atoms with van der Waals surface area (Å²) < 4.78 is 6.72. The third-order valence-corrected chi connectivity index (χ3v) is 5.71. The number of hydrogen-bond acceptors (Lipinski definition) is 8. The van der Waals surface area contributed by atoms with Gasteiger partial charge in [0.2, 0.25) is 5.91 Å². The molecule has 0 aliphatic heterocycles. The van der Waals surface area contributed by atoms with Crippen LogP contribution in [0.4, 0.5) is 11.4 Å². The predicted octanol–water partition coefficient (Wildman–Crippen LogP) is 3.14. The molecule has 0 saturated heterocycles. The molecule has 2 N–H and O–H groups in total. The van der Waals surface area contributed by atoms with E-state index in [1.165, 1.54) is 31.5 Å². The lowest BCUT2D eigenvalue weighted by Crippen LogP contribution is -2.23. The molecule has 0 bridgehead atoms. The summed E-state index contributed by atoms with van der Waals surface area (Å²) in [4.78, 5) is 42.9. The Kier molecular flexibility index (Phi) is 6.09. The first-order valence-corrected chi connectivity index (χ1v) is 10.6. The van der Waals surface area contributed by atoms with Gasteiger partial charge in [-0.1, -0.05) is 30.0 Å². The first kappa shape index (κ1) is 22.0. The number of nitrogens with zero attached hydrogens (tertiary/aromatic N) is 4. The second-order valence-electron chi connectivity index (χ2n) is 6.89. The summed E-state index contributed by atoms with van der Waals surface area (Å²) in [6, 6.07) is 13.2. The highest BCUT2D eigenvalue weighted by Crippen LogP contribution is 2.30. The van der Waals surface area contributed by atoms with Gasteiger partial charge < -0.3 is 15.0 Å². The van der Waals surface area contributed by atoms with E-state index in [0.717, 1.165) is 17.4 Å². The van der Waals surface area contributed by atoms with E-state index >= 15 is 0 Å². The molecule has 2 aromatic carbocycles. The number of carbonyl (C=O) groups excluding carboxylic acids is 1. The number of nitro groups is 1. The number of ether oxygens (including phenoxy) is 1. The summed E-state index contributed by atoms with van der Waals surface area (Å²) in [5, 5.41) is 17.8. The van der Waals surface area contributed by atoms with Crippen molar-refractivity contribution < 1.29 is 14.5 Å². The summed E-state index contributed by atoms with van der Waals surface area (Å²) in [6.07, 6.45) is 1.44. The maximum absolute atomic E-state index is 12.8. The van der Waals surface area contributed by atoms with E-state index in [1.54, 1.807) is 11.6 Å². The number of para-hydroxylation sites is 1. The van der Waals surface area contributed by atoms with Crippen molar-refractivity contribution in [1.29, 1.82) is 0 Å². The number of hydrogen-bond donors (Lipinski definition) is 2. The monoisotopic (exact) mass is 466 g/mol. The molecular formula is C21H18N6O5S. The lowest BCUT2D eigenvalue weighted by atomic mass is 10.2. The normalized spacial score (nSPS) is 11.8. The lowest BCUT2D eigenvalue weighted by molar-refractivity contribution is -0.384. The Balaban J connectivity index is 1.58. The standard InChI is InChI=1S/C21H18N6O5S/c1-12(19(28)23-16-10-14(27(30)31)8-9-17(16)32-2)33-21-24-18-15(20(29)25-21)11-22-26(18)13-6-4-3-5-7-13/h3-12H,1-2H3,(H,23,28)(H,24,25,29). The summed E-state index contributed by atoms with van der Waals surface area (Å²) in [6.45, 7) is 1.63. The fourth-order valence-electron chi connectivity index (χ4n) is 3.07. The number of aromatic nitrogens is 4. The zero-order chi connectivity index (χ0) is 23.5. The first-order chi connectivity index (χ1) is 15.9. The highest BCUT2D eigenvalue weighted by atomic mass is 32.2. The molecule has 11 nitrogen and oxygen atoms in total. The number of thioether (sulfide) groups is 1. The summed E-state index contributed by atoms with van der Waals surface area (Å²) >= 11 is 1.04. The van der Waals surface area contributed by atoms with Crippen molar-refractivity contribution >= 4 is 40.1 Å². The molecule has 1 amide bonds. The molecule has 4 rings (SSSR count). The number of nitro benzene ring substituents is 1. The van der Waals surface area contributed by atoms with Crippen molar-refractivity contribution in [3.8, 4) is 11.4 Å². The second-order valence-corrected chi connectivity index (χ2v) is 8.22. The third kappa shape index (κ3) is 4.55. The Labute approximate surface area is 190 Å². The number of nitrogens with one attached hydrogen (secondary N) is 2. The molecule has 4 aromatic rings. The number of aromatic amines is 1. The van der Waals surface area contributed by atoms with Crippen molar-refractivity contribution in [3.05, 3.63) is 75.2 Å². The number of rotatable bonds is 7. The predicted molar refractivity (Wildman–Crippen MR) is 123 cm³/mol. The molecule has 2 aromatic heterocycles. The first-order valence-electron chi connectivity index (χ1n) is 9.71. The van der Waals surface area contributed by atoms with Gasteiger partial charge in [-0.05, 0) is 25.1 Å². The summed E-state index contributed by atoms with van der Waals surface area (Å²) in [5.74, 6) is -0.163. The van der Waals surface area contributed by atoms with Crippen LogP contribution < -0.4 is 15.6 Å². The molecule has 1 unspecified atom stereocenters. The number of fused-ring (bicyclic) bond motifs is 1. The Morgan fingerprint density at radius 2 is 2.03 bits per heavy atom. The molecule has 0 aliphatic rings. The van der Waals surface area contributed by atoms with Crippen LogP contribution in [0.15, 0.2) is 64.7 Å². The van der Waals surface area contributed by atoms with Gasteiger partial charge in [-0.3, -0.25) is 19.7 Å². The number of methoxy groups -OCH3 is 1. The average molecular weight is 466 g/mol. The molecule has 168 valence electrons. The van der Waals surface area contributed by atoms with Crippen molar-refractivity contribution in [2.45, 2.75) is 17.3 Å². The topological polar surface area (TPSA) is 145 Å². The van der Waals surface area contributed by atoms with E-state index < -0.39 is 16.1 Å². The van der Waals surface area contributed by atoms with E-state index in [-0.39, 0.29) is 27.8 Å². The second kappa shape index (κ2) is 9.12. The Morgan fingerprint density at radius 1 is 1.27 bits per heavy atom. The zero-order valence-electron chi connectivity index (χ0n) is 17.5. The van der Waals surface area contributed by atoms with Crippen LogP contribution in [0.5, 0.6) is 5.75 Å². The summed E-state index contributed by atoms with van der Waals surface area (Å²) in [7, 11) is 1.40. The average Bonchev–Trinajstić information content (AvgIpc) is 3.24. The number of anilines is 1. The van der Waals surface area contributed by atoms with Gasteiger partial charge in [0.15, 0.2) is 10.8 Å². The van der Waals surface area contributed by atoms with Gasteiger partial charge in [0.25, 0.3) is 11.2 Å². The van der Waals surface area contributed by atoms with Crippen LogP contribution in [0.1, 0.15) is 6.92 Å². The van der Waals surface area contributed by atoms with Crippen molar-refractivity contribution in [3.63, 3.8) is 0 Å². The maximum atomic E-state index is 12.8. The van der Waals surface area contributed by atoms with Gasteiger partial charge in [-0.2, -0.15) is 5.10 Å². The fraction of sp³-hybridized carbons (Fsp3) is 0.143. The van der Waals surface area contributed by atoms with E-state index in [9.17, 15) is 19.7 Å². The number of carbonyl (C=O) groups is 1. The van der Waals surface area contributed by atoms with Crippen LogP contribution in [0.25, 0.3) is 16.7 Å². The minimum absolute atomic E-state index is 0.170. The third-order valence-electron chi connectivity index (χ3n) is 4.73. The van der Waals surface area contributed by atoms with Crippen LogP contribution in [0.3, 0.4) is 0 Å². The van der Waals surface area contributed by atoms with Gasteiger partial charge in [0.05, 0.1) is 34.9 Å². The number of benzene rings is 2. The van der Waals surface area contributed by atoms with E-state index in [0.29, 0.717) is 11.0 Å². The molecule has 0 spiro atoms. The van der Waals surface area contributed by atoms with Gasteiger partial charge in [0.1, 0.15) is 11.1 Å². The number of H-pyrrole nitrogens is 1. The molecule has 1 atom stereocenters. The van der Waals surface area contributed by atoms with Crippen LogP contribution >= 0.6 is 11.8 Å². The fourth-order valence-corrected chi connectivity index (χ4v) is 3.87. The number of amides is 1. The molecule has 0 aliphatic carbocycles. The lowest BCUT2D eigenvalue weighted by Gasteiger charge is -2.14. The SMILES string of the molecule is COc1ccc([N+](=O)[O-])cc1NC(=O)C(C)Sc1nc2c(cnn2-c2ccccc2)c(=O)[nH]1. The molecule has 0 radical (unpaired) electrons. The van der Waals surface area contributed by atoms with E-state index in [4.69, 9.17) is 4.74 Å². The smallest absolute Gasteiger partial charge is 0.271 e. The Morgan fingerprint density at radius 3 is 2.73 bits per heavy atom. The molecule has 12 heteroatoms. The quantitative estimate of drug-likeness (QED) is 0.183. The molecule has 0 fully saturated rings.